The Morgan fingerprint density at radius 3 is 2.81 bits per heavy atom. The summed E-state index contributed by atoms with van der Waals surface area (Å²) in [5.41, 5.74) is 7.06. The van der Waals surface area contributed by atoms with Crippen molar-refractivity contribution in [2.24, 2.45) is 5.73 Å². The van der Waals surface area contributed by atoms with Crippen LogP contribution in [0.15, 0.2) is 35.9 Å². The number of methoxy groups -OCH3 is 1. The van der Waals surface area contributed by atoms with Gasteiger partial charge in [-0.15, -0.1) is 0 Å². The first kappa shape index (κ1) is 23.2. The van der Waals surface area contributed by atoms with E-state index in [1.165, 1.54) is 12.0 Å². The maximum Gasteiger partial charge on any atom is 0.310 e. The van der Waals surface area contributed by atoms with E-state index in [1.54, 1.807) is 30.3 Å². The molecule has 2 aliphatic heterocycles. The summed E-state index contributed by atoms with van der Waals surface area (Å²) in [6.07, 6.45) is 0.475. The maximum absolute atomic E-state index is 12.6. The van der Waals surface area contributed by atoms with Gasteiger partial charge in [0.2, 0.25) is 18.1 Å². The fourth-order valence-corrected chi connectivity index (χ4v) is 3.43. The van der Waals surface area contributed by atoms with Crippen molar-refractivity contribution in [2.45, 2.75) is 31.2 Å². The number of carbonyl (C=O) groups excluding carboxylic acids is 4. The quantitative estimate of drug-likeness (QED) is 0.296. The van der Waals surface area contributed by atoms with Gasteiger partial charge in [0.05, 0.1) is 26.1 Å². The lowest BCUT2D eigenvalue weighted by atomic mass is 10.1. The third-order valence-corrected chi connectivity index (χ3v) is 5.16. The van der Waals surface area contributed by atoms with Crippen LogP contribution in [0, 0.1) is 0 Å². The van der Waals surface area contributed by atoms with Gasteiger partial charge in [0.25, 0.3) is 5.91 Å². The average Bonchev–Trinajstić information content (AvgIpc) is 3.02. The summed E-state index contributed by atoms with van der Waals surface area (Å²) in [4.78, 5) is 49.9. The molecule has 11 nitrogen and oxygen atoms in total. The summed E-state index contributed by atoms with van der Waals surface area (Å²) < 4.78 is 9.71. The third-order valence-electron chi connectivity index (χ3n) is 5.16. The molecule has 3 rings (SSSR count). The summed E-state index contributed by atoms with van der Waals surface area (Å²) >= 11 is 0. The van der Waals surface area contributed by atoms with Gasteiger partial charge in [0, 0.05) is 18.7 Å². The lowest BCUT2D eigenvalue weighted by molar-refractivity contribution is -0.155. The van der Waals surface area contributed by atoms with Gasteiger partial charge in [0.15, 0.2) is 0 Å². The zero-order chi connectivity index (χ0) is 23.3. The van der Waals surface area contributed by atoms with Gasteiger partial charge in [-0.1, -0.05) is 12.1 Å². The van der Waals surface area contributed by atoms with Crippen molar-refractivity contribution >= 4 is 23.7 Å². The van der Waals surface area contributed by atoms with Gasteiger partial charge in [-0.05, 0) is 30.2 Å². The first-order valence-electron chi connectivity index (χ1n) is 10.1. The number of nitrogens with zero attached hydrogens (tertiary/aromatic N) is 1. The van der Waals surface area contributed by atoms with Crippen molar-refractivity contribution in [3.8, 4) is 5.75 Å². The number of benzene rings is 1. The molecule has 0 radical (unpaired) electrons. The molecule has 172 valence electrons. The molecule has 1 fully saturated rings. The van der Waals surface area contributed by atoms with Crippen LogP contribution in [0.3, 0.4) is 0 Å². The SMILES string of the molecule is COc1cccc(C(=O)NCC2=CCC(N)C(=O)N(CC(=O)NC3CC(=O)OC3O)C2)c1. The van der Waals surface area contributed by atoms with Gasteiger partial charge in [-0.3, -0.25) is 19.2 Å². The molecule has 0 saturated carbocycles. The Bertz CT molecular complexity index is 932. The minimum absolute atomic E-state index is 0.0982. The van der Waals surface area contributed by atoms with E-state index in [9.17, 15) is 24.3 Å². The van der Waals surface area contributed by atoms with E-state index in [-0.39, 0.29) is 38.4 Å². The van der Waals surface area contributed by atoms with E-state index in [2.05, 4.69) is 15.4 Å². The highest BCUT2D eigenvalue weighted by atomic mass is 16.6. The monoisotopic (exact) mass is 446 g/mol. The molecular weight excluding hydrogens is 420 g/mol. The second-order valence-corrected chi connectivity index (χ2v) is 7.57. The third kappa shape index (κ3) is 5.83. The van der Waals surface area contributed by atoms with E-state index in [1.807, 2.05) is 0 Å². The molecule has 0 aliphatic carbocycles. The van der Waals surface area contributed by atoms with Crippen LogP contribution in [0.1, 0.15) is 23.2 Å². The second kappa shape index (κ2) is 10.2. The minimum atomic E-state index is -1.42. The van der Waals surface area contributed by atoms with E-state index < -0.39 is 36.2 Å². The Labute approximate surface area is 184 Å². The number of carbonyl (C=O) groups is 4. The molecule has 1 saturated heterocycles. The van der Waals surface area contributed by atoms with Crippen LogP contribution in [0.4, 0.5) is 0 Å². The normalized spacial score (nSPS) is 23.2. The molecule has 0 aromatic heterocycles. The fourth-order valence-electron chi connectivity index (χ4n) is 3.43. The summed E-state index contributed by atoms with van der Waals surface area (Å²) in [6, 6.07) is 5.00. The van der Waals surface area contributed by atoms with Gasteiger partial charge in [-0.2, -0.15) is 0 Å². The molecule has 5 N–H and O–H groups in total. The number of hydrogen-bond donors (Lipinski definition) is 4. The predicted molar refractivity (Wildman–Crippen MR) is 111 cm³/mol. The minimum Gasteiger partial charge on any atom is -0.497 e. The van der Waals surface area contributed by atoms with Crippen molar-refractivity contribution in [1.29, 1.82) is 0 Å². The summed E-state index contributed by atoms with van der Waals surface area (Å²) in [5.74, 6) is -1.35. The zero-order valence-electron chi connectivity index (χ0n) is 17.6. The predicted octanol–water partition coefficient (Wildman–Crippen LogP) is -1.34. The molecule has 3 unspecified atom stereocenters. The maximum atomic E-state index is 12.6. The standard InChI is InChI=1S/C21H26N4O7/c1-31-14-4-2-3-13(7-14)19(28)23-9-12-5-6-15(22)20(29)25(10-12)11-17(26)24-16-8-18(27)32-21(16)30/h2-5,7,15-16,21,30H,6,8-11,22H2,1H3,(H,23,28)(H,24,26). The molecule has 1 aromatic carbocycles. The molecule has 3 atom stereocenters. The molecule has 0 spiro atoms. The summed E-state index contributed by atoms with van der Waals surface area (Å²) in [7, 11) is 1.51. The number of nitrogens with two attached hydrogens (primary N) is 1. The zero-order valence-corrected chi connectivity index (χ0v) is 17.6. The Hall–Kier alpha value is -3.44. The van der Waals surface area contributed by atoms with Crippen molar-refractivity contribution in [3.05, 3.63) is 41.5 Å². The van der Waals surface area contributed by atoms with Crippen LogP contribution < -0.4 is 21.1 Å². The van der Waals surface area contributed by atoms with Gasteiger partial charge >= 0.3 is 5.97 Å². The van der Waals surface area contributed by atoms with Crippen molar-refractivity contribution < 1.29 is 33.8 Å². The van der Waals surface area contributed by atoms with Gasteiger partial charge < -0.3 is 35.8 Å². The number of hydrogen-bond acceptors (Lipinski definition) is 8. The molecule has 2 aliphatic rings. The Balaban J connectivity index is 1.59. The largest absolute Gasteiger partial charge is 0.497 e. The van der Waals surface area contributed by atoms with Crippen molar-refractivity contribution in [3.63, 3.8) is 0 Å². The van der Waals surface area contributed by atoms with Crippen LogP contribution in [0.25, 0.3) is 0 Å². The lowest BCUT2D eigenvalue weighted by Gasteiger charge is -2.24. The van der Waals surface area contributed by atoms with Gasteiger partial charge in [-0.25, -0.2) is 0 Å². The number of rotatable bonds is 7. The highest BCUT2D eigenvalue weighted by Crippen LogP contribution is 2.15. The fraction of sp³-hybridized carbons (Fsp3) is 0.429. The number of aliphatic hydroxyl groups excluding tert-OH is 1. The van der Waals surface area contributed by atoms with Crippen LogP contribution in [-0.4, -0.2) is 78.8 Å². The first-order chi connectivity index (χ1) is 15.3. The smallest absolute Gasteiger partial charge is 0.310 e. The summed E-state index contributed by atoms with van der Waals surface area (Å²) in [6.45, 7) is -0.0516. The highest BCUT2D eigenvalue weighted by Gasteiger charge is 2.35. The van der Waals surface area contributed by atoms with E-state index >= 15 is 0 Å². The van der Waals surface area contributed by atoms with Crippen LogP contribution >= 0.6 is 0 Å². The Morgan fingerprint density at radius 2 is 2.12 bits per heavy atom. The number of ether oxygens (including phenoxy) is 2. The average molecular weight is 446 g/mol. The molecule has 1 aromatic rings. The molecule has 2 heterocycles. The molecule has 0 bridgehead atoms. The van der Waals surface area contributed by atoms with Crippen LogP contribution in [0.5, 0.6) is 5.75 Å². The number of amides is 3. The van der Waals surface area contributed by atoms with Crippen LogP contribution in [-0.2, 0) is 19.1 Å². The highest BCUT2D eigenvalue weighted by molar-refractivity contribution is 5.94. The van der Waals surface area contributed by atoms with E-state index in [4.69, 9.17) is 10.5 Å². The molecular formula is C21H26N4O7. The van der Waals surface area contributed by atoms with Crippen LogP contribution in [0.2, 0.25) is 0 Å². The van der Waals surface area contributed by atoms with Gasteiger partial charge in [0.1, 0.15) is 11.8 Å². The molecule has 32 heavy (non-hydrogen) atoms. The first-order valence-corrected chi connectivity index (χ1v) is 10.1. The number of aliphatic hydroxyl groups is 1. The topological polar surface area (TPSA) is 160 Å². The van der Waals surface area contributed by atoms with E-state index in [0.717, 1.165) is 5.57 Å². The number of cyclic esters (lactones) is 1. The second-order valence-electron chi connectivity index (χ2n) is 7.57. The number of nitrogens with one attached hydrogen (secondary N) is 2. The molecule has 11 heteroatoms. The van der Waals surface area contributed by atoms with Crippen molar-refractivity contribution in [1.82, 2.24) is 15.5 Å². The lowest BCUT2D eigenvalue weighted by Crippen LogP contribution is -2.50. The Kier molecular flexibility index (Phi) is 7.44. The van der Waals surface area contributed by atoms with Crippen molar-refractivity contribution in [2.75, 3.05) is 26.7 Å². The number of esters is 1. The Morgan fingerprint density at radius 1 is 1.34 bits per heavy atom. The summed E-state index contributed by atoms with van der Waals surface area (Å²) in [5, 5.41) is 14.9. The molecule has 3 amide bonds. The van der Waals surface area contributed by atoms with E-state index in [0.29, 0.717) is 11.3 Å².